The highest BCUT2D eigenvalue weighted by Gasteiger charge is 2.34. The molecule has 0 spiro atoms. The first-order chi connectivity index (χ1) is 16.5. The number of anilines is 1. The number of nitrogens with one attached hydrogen (secondary N) is 2. The molecule has 1 aliphatic rings. The van der Waals surface area contributed by atoms with E-state index in [1.54, 1.807) is 4.90 Å². The van der Waals surface area contributed by atoms with E-state index < -0.39 is 47.9 Å². The summed E-state index contributed by atoms with van der Waals surface area (Å²) in [5.41, 5.74) is 3.63. The number of rotatable bonds is 7. The summed E-state index contributed by atoms with van der Waals surface area (Å²) in [6.07, 6.45) is -4.69. The molecular formula is C22H24ClF3N4O5. The molecule has 0 aliphatic carbocycles. The highest BCUT2D eigenvalue weighted by atomic mass is 35.5. The minimum absolute atomic E-state index is 0.0317. The largest absolute Gasteiger partial charge is 0.460 e. The Kier molecular flexibility index (Phi) is 8.41. The van der Waals surface area contributed by atoms with Crippen LogP contribution in [-0.2, 0) is 27.1 Å². The Morgan fingerprint density at radius 2 is 2.03 bits per heavy atom. The van der Waals surface area contributed by atoms with Crippen LogP contribution in [0.1, 0.15) is 27.9 Å². The molecular weight excluding hydrogens is 493 g/mol. The molecule has 190 valence electrons. The number of hydrogen-bond acceptors (Lipinski definition) is 7. The van der Waals surface area contributed by atoms with Crippen LogP contribution in [0.5, 0.6) is 0 Å². The highest BCUT2D eigenvalue weighted by molar-refractivity contribution is 6.33. The first kappa shape index (κ1) is 26.5. The van der Waals surface area contributed by atoms with E-state index in [0.29, 0.717) is 13.0 Å². The van der Waals surface area contributed by atoms with Gasteiger partial charge in [0.1, 0.15) is 18.0 Å². The van der Waals surface area contributed by atoms with E-state index in [0.717, 1.165) is 6.07 Å². The Morgan fingerprint density at radius 3 is 2.71 bits per heavy atom. The average Bonchev–Trinajstić information content (AvgIpc) is 2.80. The molecule has 0 bridgehead atoms. The van der Waals surface area contributed by atoms with Gasteiger partial charge in [-0.25, -0.2) is 0 Å². The number of alkyl halides is 3. The summed E-state index contributed by atoms with van der Waals surface area (Å²) in [4.78, 5) is 40.9. The van der Waals surface area contributed by atoms with E-state index in [9.17, 15) is 27.6 Å². The van der Waals surface area contributed by atoms with Crippen LogP contribution in [-0.4, -0.2) is 60.7 Å². The number of aromatic amines is 1. The van der Waals surface area contributed by atoms with Gasteiger partial charge in [-0.3, -0.25) is 19.3 Å². The lowest BCUT2D eigenvalue weighted by atomic mass is 10.0. The van der Waals surface area contributed by atoms with Crippen molar-refractivity contribution < 1.29 is 32.2 Å². The van der Waals surface area contributed by atoms with E-state index in [1.807, 2.05) is 0 Å². The number of amides is 1. The van der Waals surface area contributed by atoms with E-state index in [2.05, 4.69) is 10.3 Å². The fourth-order valence-electron chi connectivity index (χ4n) is 3.77. The number of ether oxygens (including phenoxy) is 2. The monoisotopic (exact) mass is 516 g/mol. The maximum atomic E-state index is 13.1. The third-order valence-electron chi connectivity index (χ3n) is 5.59. The lowest BCUT2D eigenvalue weighted by Crippen LogP contribution is -2.56. The van der Waals surface area contributed by atoms with Crippen molar-refractivity contribution in [2.75, 3.05) is 32.5 Å². The van der Waals surface area contributed by atoms with E-state index >= 15 is 0 Å². The maximum absolute atomic E-state index is 13.1. The van der Waals surface area contributed by atoms with Crippen LogP contribution in [0.2, 0.25) is 5.02 Å². The third-order valence-corrected chi connectivity index (χ3v) is 5.91. The molecule has 0 unspecified atom stereocenters. The average molecular weight is 517 g/mol. The number of nitrogen functional groups attached to an aromatic ring is 1. The summed E-state index contributed by atoms with van der Waals surface area (Å²) in [6.45, 7) is -0.0537. The Balaban J connectivity index is 1.55. The third kappa shape index (κ3) is 6.74. The van der Waals surface area contributed by atoms with Crippen LogP contribution in [0, 0.1) is 0 Å². The predicted molar refractivity (Wildman–Crippen MR) is 121 cm³/mol. The molecule has 2 aromatic rings. The number of carbonyl (C=O) groups is 2. The molecule has 3 rings (SSSR count). The molecule has 1 saturated heterocycles. The van der Waals surface area contributed by atoms with Gasteiger partial charge in [-0.1, -0.05) is 29.8 Å². The van der Waals surface area contributed by atoms with Crippen molar-refractivity contribution in [3.05, 3.63) is 62.4 Å². The number of hydrogen-bond donors (Lipinski definition) is 3. The number of likely N-dealkylation sites (tertiary alicyclic amines) is 1. The van der Waals surface area contributed by atoms with Crippen LogP contribution < -0.4 is 16.6 Å². The number of halogens is 4. The number of H-pyrrole nitrogens is 1. The smallest absolute Gasteiger partial charge is 0.416 e. The number of piperidine rings is 1. The fraction of sp³-hybridized carbons (Fsp3) is 0.409. The van der Waals surface area contributed by atoms with Crippen molar-refractivity contribution in [1.29, 1.82) is 0 Å². The number of nitrogens with zero attached hydrogens (tertiary/aromatic N) is 1. The van der Waals surface area contributed by atoms with Crippen LogP contribution in [0.3, 0.4) is 0 Å². The molecule has 1 aromatic heterocycles. The van der Waals surface area contributed by atoms with Gasteiger partial charge in [0.2, 0.25) is 0 Å². The Morgan fingerprint density at radius 1 is 1.31 bits per heavy atom. The summed E-state index contributed by atoms with van der Waals surface area (Å²) >= 11 is 5.89. The summed E-state index contributed by atoms with van der Waals surface area (Å²) < 4.78 is 49.8. The molecule has 13 heteroatoms. The van der Waals surface area contributed by atoms with Crippen LogP contribution in [0.4, 0.5) is 19.0 Å². The standard InChI is InChI=1S/C22H24ClF3N4O5/c1-34-17-9-30(10-18(31)35-11-12-4-2-3-5-14(12)22(24,25)26)7-6-16(17)28-20(32)13-8-15(23)19(27)29-21(13)33/h2-5,8,16-17H,6-7,9-11H2,1H3,(H,28,32)(H3,27,29,33)/t16-,17+/m0/s1. The number of esters is 1. The highest BCUT2D eigenvalue weighted by Crippen LogP contribution is 2.32. The number of pyridine rings is 1. The minimum Gasteiger partial charge on any atom is -0.460 e. The number of benzene rings is 1. The van der Waals surface area contributed by atoms with Crippen LogP contribution in [0.25, 0.3) is 0 Å². The van der Waals surface area contributed by atoms with Gasteiger partial charge in [-0.2, -0.15) is 13.2 Å². The van der Waals surface area contributed by atoms with Crippen molar-refractivity contribution in [2.24, 2.45) is 0 Å². The topological polar surface area (TPSA) is 127 Å². The second-order valence-corrected chi connectivity index (χ2v) is 8.37. The minimum atomic E-state index is -4.55. The fourth-order valence-corrected chi connectivity index (χ4v) is 3.93. The van der Waals surface area contributed by atoms with Crippen molar-refractivity contribution >= 4 is 29.3 Å². The van der Waals surface area contributed by atoms with Crippen LogP contribution in [0.15, 0.2) is 35.1 Å². The molecule has 1 aromatic carbocycles. The molecule has 1 aliphatic heterocycles. The molecule has 35 heavy (non-hydrogen) atoms. The van der Waals surface area contributed by atoms with Gasteiger partial charge in [-0.15, -0.1) is 0 Å². The summed E-state index contributed by atoms with van der Waals surface area (Å²) in [7, 11) is 1.44. The molecule has 4 N–H and O–H groups in total. The Labute approximate surface area is 203 Å². The molecule has 1 amide bonds. The lowest BCUT2D eigenvalue weighted by molar-refractivity contribution is -0.149. The summed E-state index contributed by atoms with van der Waals surface area (Å²) in [5.74, 6) is -1.40. The van der Waals surface area contributed by atoms with Gasteiger partial charge in [0.05, 0.1) is 29.3 Å². The van der Waals surface area contributed by atoms with Gasteiger partial charge in [0, 0.05) is 25.8 Å². The zero-order valence-electron chi connectivity index (χ0n) is 18.7. The van der Waals surface area contributed by atoms with E-state index in [-0.39, 0.29) is 35.1 Å². The van der Waals surface area contributed by atoms with Gasteiger partial charge in [0.15, 0.2) is 0 Å². The van der Waals surface area contributed by atoms with Crippen molar-refractivity contribution in [2.45, 2.75) is 31.3 Å². The molecule has 1 fully saturated rings. The lowest BCUT2D eigenvalue weighted by Gasteiger charge is -2.37. The molecule has 9 nitrogen and oxygen atoms in total. The first-order valence-electron chi connectivity index (χ1n) is 10.5. The number of carbonyl (C=O) groups excluding carboxylic acids is 2. The van der Waals surface area contributed by atoms with Crippen molar-refractivity contribution in [3.63, 3.8) is 0 Å². The van der Waals surface area contributed by atoms with Crippen molar-refractivity contribution in [3.8, 4) is 0 Å². The normalized spacial score (nSPS) is 18.8. The Bertz CT molecular complexity index is 1140. The Hall–Kier alpha value is -3.09. The first-order valence-corrected chi connectivity index (χ1v) is 10.9. The predicted octanol–water partition coefficient (Wildman–Crippen LogP) is 2.19. The van der Waals surface area contributed by atoms with E-state index in [4.69, 9.17) is 26.8 Å². The molecule has 2 heterocycles. The van der Waals surface area contributed by atoms with Gasteiger partial charge < -0.3 is 25.5 Å². The van der Waals surface area contributed by atoms with Crippen LogP contribution >= 0.6 is 11.6 Å². The molecule has 2 atom stereocenters. The summed E-state index contributed by atoms with van der Waals surface area (Å²) in [5, 5.41) is 2.76. The van der Waals surface area contributed by atoms with E-state index in [1.165, 1.54) is 31.4 Å². The second kappa shape index (κ2) is 11.1. The summed E-state index contributed by atoms with van der Waals surface area (Å²) in [6, 6.07) is 5.60. The molecule has 0 saturated carbocycles. The zero-order chi connectivity index (χ0) is 25.8. The van der Waals surface area contributed by atoms with Gasteiger partial charge in [0.25, 0.3) is 11.5 Å². The van der Waals surface area contributed by atoms with Gasteiger partial charge >= 0.3 is 12.1 Å². The molecule has 0 radical (unpaired) electrons. The number of nitrogens with two attached hydrogens (primary N) is 1. The second-order valence-electron chi connectivity index (χ2n) is 7.97. The number of aromatic nitrogens is 1. The van der Waals surface area contributed by atoms with Crippen molar-refractivity contribution in [1.82, 2.24) is 15.2 Å². The zero-order valence-corrected chi connectivity index (χ0v) is 19.4. The van der Waals surface area contributed by atoms with Gasteiger partial charge in [-0.05, 0) is 18.6 Å². The maximum Gasteiger partial charge on any atom is 0.416 e. The SMILES string of the molecule is CO[C@@H]1CN(CC(=O)OCc2ccccc2C(F)(F)F)CC[C@@H]1NC(=O)c1cc(Cl)c(N)[nH]c1=O. The number of methoxy groups -OCH3 is 1. The quantitative estimate of drug-likeness (QED) is 0.481.